The summed E-state index contributed by atoms with van der Waals surface area (Å²) in [6.07, 6.45) is 3.65. The molecule has 2 aromatic carbocycles. The monoisotopic (exact) mass is 508 g/mol. The zero-order valence-electron chi connectivity index (χ0n) is 21.1. The summed E-state index contributed by atoms with van der Waals surface area (Å²) in [5.74, 6) is 1.37. The van der Waals surface area contributed by atoms with E-state index in [1.54, 1.807) is 13.3 Å². The van der Waals surface area contributed by atoms with Gasteiger partial charge in [0.2, 0.25) is 0 Å². The minimum absolute atomic E-state index is 0.0988. The first-order chi connectivity index (χ1) is 17.4. The van der Waals surface area contributed by atoms with Crippen LogP contribution in [0.2, 0.25) is 0 Å². The van der Waals surface area contributed by atoms with E-state index < -0.39 is 12.1 Å². The van der Waals surface area contributed by atoms with E-state index >= 15 is 0 Å². The summed E-state index contributed by atoms with van der Waals surface area (Å²) in [4.78, 5) is 19.7. The van der Waals surface area contributed by atoms with Gasteiger partial charge in [-0.15, -0.1) is 11.8 Å². The molecule has 7 heteroatoms. The fraction of sp³-hybridized carbons (Fsp3) is 0.448. The van der Waals surface area contributed by atoms with Crippen LogP contribution in [-0.4, -0.2) is 58.6 Å². The van der Waals surface area contributed by atoms with E-state index in [2.05, 4.69) is 41.1 Å². The average molecular weight is 509 g/mol. The third-order valence-electron chi connectivity index (χ3n) is 7.23. The first kappa shape index (κ1) is 26.5. The number of carboxylic acid groups (broad SMARTS) is 1. The SMILES string of the molecule is COc1ccc2nccc([C@H](O)CC[C@@H]3CCN(CCSc4cccc(C)c4)C[C@@H]3CC(=O)O)c2c1. The summed E-state index contributed by atoms with van der Waals surface area (Å²) in [6, 6.07) is 16.1. The van der Waals surface area contributed by atoms with Gasteiger partial charge in [0.15, 0.2) is 0 Å². The number of hydrogen-bond acceptors (Lipinski definition) is 6. The van der Waals surface area contributed by atoms with Crippen LogP contribution in [0.1, 0.15) is 42.9 Å². The van der Waals surface area contributed by atoms with Crippen LogP contribution < -0.4 is 4.74 Å². The van der Waals surface area contributed by atoms with Crippen molar-refractivity contribution in [3.63, 3.8) is 0 Å². The van der Waals surface area contributed by atoms with Gasteiger partial charge in [0.05, 0.1) is 18.7 Å². The number of rotatable bonds is 11. The lowest BCUT2D eigenvalue weighted by atomic mass is 9.79. The van der Waals surface area contributed by atoms with Crippen molar-refractivity contribution < 1.29 is 19.7 Å². The van der Waals surface area contributed by atoms with Crippen LogP contribution in [0.15, 0.2) is 59.6 Å². The second-order valence-corrected chi connectivity index (χ2v) is 10.9. The Morgan fingerprint density at radius 1 is 1.22 bits per heavy atom. The molecule has 36 heavy (non-hydrogen) atoms. The molecular formula is C29H36N2O4S. The molecule has 4 rings (SSSR count). The summed E-state index contributed by atoms with van der Waals surface area (Å²) in [6.45, 7) is 4.84. The number of hydrogen-bond donors (Lipinski definition) is 2. The highest BCUT2D eigenvalue weighted by Crippen LogP contribution is 2.35. The van der Waals surface area contributed by atoms with E-state index in [1.807, 2.05) is 36.0 Å². The summed E-state index contributed by atoms with van der Waals surface area (Å²) in [5, 5.41) is 21.5. The summed E-state index contributed by atoms with van der Waals surface area (Å²) in [5.41, 5.74) is 2.94. The lowest BCUT2D eigenvalue weighted by Crippen LogP contribution is -2.42. The van der Waals surface area contributed by atoms with Crippen molar-refractivity contribution in [3.05, 3.63) is 65.9 Å². The molecule has 0 aliphatic carbocycles. The zero-order valence-corrected chi connectivity index (χ0v) is 21.9. The van der Waals surface area contributed by atoms with Crippen molar-refractivity contribution in [3.8, 4) is 5.75 Å². The van der Waals surface area contributed by atoms with Gasteiger partial charge in [-0.05, 0) is 86.5 Å². The maximum atomic E-state index is 11.6. The fourth-order valence-electron chi connectivity index (χ4n) is 5.28. The van der Waals surface area contributed by atoms with Crippen molar-refractivity contribution in [2.75, 3.05) is 32.5 Å². The molecule has 0 bridgehead atoms. The fourth-order valence-corrected chi connectivity index (χ4v) is 6.31. The van der Waals surface area contributed by atoms with Crippen LogP contribution in [0.5, 0.6) is 5.75 Å². The molecule has 1 aliphatic heterocycles. The Balaban J connectivity index is 1.34. The number of piperidine rings is 1. The molecule has 1 aliphatic rings. The molecular weight excluding hydrogens is 472 g/mol. The molecule has 0 saturated carbocycles. The molecule has 6 nitrogen and oxygen atoms in total. The zero-order chi connectivity index (χ0) is 25.5. The number of thioether (sulfide) groups is 1. The molecule has 0 radical (unpaired) electrons. The van der Waals surface area contributed by atoms with Crippen molar-refractivity contribution in [2.24, 2.45) is 11.8 Å². The van der Waals surface area contributed by atoms with E-state index in [0.717, 1.165) is 60.4 Å². The van der Waals surface area contributed by atoms with Crippen LogP contribution in [0.25, 0.3) is 10.9 Å². The minimum Gasteiger partial charge on any atom is -0.497 e. The van der Waals surface area contributed by atoms with Gasteiger partial charge in [0, 0.05) is 41.7 Å². The predicted octanol–water partition coefficient (Wildman–Crippen LogP) is 5.57. The molecule has 1 aromatic heterocycles. The number of pyridine rings is 1. The number of aryl methyl sites for hydroxylation is 1. The Bertz CT molecular complexity index is 1170. The van der Waals surface area contributed by atoms with Crippen molar-refractivity contribution in [2.45, 2.75) is 43.6 Å². The molecule has 2 heterocycles. The number of carbonyl (C=O) groups is 1. The number of aliphatic hydroxyl groups excluding tert-OH is 1. The quantitative estimate of drug-likeness (QED) is 0.328. The van der Waals surface area contributed by atoms with Crippen LogP contribution in [0.3, 0.4) is 0 Å². The smallest absolute Gasteiger partial charge is 0.303 e. The maximum Gasteiger partial charge on any atom is 0.303 e. The molecule has 0 amide bonds. The number of methoxy groups -OCH3 is 1. The largest absolute Gasteiger partial charge is 0.497 e. The lowest BCUT2D eigenvalue weighted by Gasteiger charge is -2.38. The molecule has 3 aromatic rings. The Morgan fingerprint density at radius 3 is 2.86 bits per heavy atom. The Morgan fingerprint density at radius 2 is 2.08 bits per heavy atom. The lowest BCUT2D eigenvalue weighted by molar-refractivity contribution is -0.139. The molecule has 3 atom stereocenters. The van der Waals surface area contributed by atoms with Crippen LogP contribution in [0.4, 0.5) is 0 Å². The molecule has 0 spiro atoms. The number of nitrogens with zero attached hydrogens (tertiary/aromatic N) is 2. The number of aliphatic carboxylic acids is 1. The van der Waals surface area contributed by atoms with Gasteiger partial charge in [0.25, 0.3) is 0 Å². The van der Waals surface area contributed by atoms with Crippen LogP contribution >= 0.6 is 11.8 Å². The Hall–Kier alpha value is -2.61. The van der Waals surface area contributed by atoms with Gasteiger partial charge < -0.3 is 19.8 Å². The maximum absolute atomic E-state index is 11.6. The number of aliphatic hydroxyl groups is 1. The first-order valence-electron chi connectivity index (χ1n) is 12.7. The second kappa shape index (κ2) is 12.6. The summed E-state index contributed by atoms with van der Waals surface area (Å²) < 4.78 is 5.36. The molecule has 2 N–H and O–H groups in total. The highest BCUT2D eigenvalue weighted by molar-refractivity contribution is 7.99. The highest BCUT2D eigenvalue weighted by Gasteiger charge is 2.31. The van der Waals surface area contributed by atoms with E-state index in [1.165, 1.54) is 10.5 Å². The standard InChI is InChI=1S/C29H36N2O4S/c1-20-4-3-5-24(16-20)36-15-14-31-13-11-21(22(19-31)17-29(33)34)6-9-28(32)25-10-12-30-27-8-7-23(35-2)18-26(25)27/h3-5,7-8,10,12,16,18,21-22,28,32H,6,9,11,13-15,17,19H2,1-2H3,(H,33,34)/t21-,22+,28-/m1/s1. The van der Waals surface area contributed by atoms with Crippen LogP contribution in [-0.2, 0) is 4.79 Å². The van der Waals surface area contributed by atoms with Crippen molar-refractivity contribution >= 4 is 28.6 Å². The summed E-state index contributed by atoms with van der Waals surface area (Å²) >= 11 is 1.85. The number of aromatic nitrogens is 1. The van der Waals surface area contributed by atoms with E-state index in [4.69, 9.17) is 4.74 Å². The normalized spacial score (nSPS) is 19.3. The summed E-state index contributed by atoms with van der Waals surface area (Å²) in [7, 11) is 1.63. The third kappa shape index (κ3) is 6.99. The van der Waals surface area contributed by atoms with E-state index in [-0.39, 0.29) is 12.3 Å². The first-order valence-corrected chi connectivity index (χ1v) is 13.7. The minimum atomic E-state index is -0.742. The molecule has 0 unspecified atom stereocenters. The highest BCUT2D eigenvalue weighted by atomic mass is 32.2. The molecule has 1 fully saturated rings. The van der Waals surface area contributed by atoms with Gasteiger partial charge >= 0.3 is 5.97 Å². The topological polar surface area (TPSA) is 82.9 Å². The molecule has 192 valence electrons. The molecule has 1 saturated heterocycles. The van der Waals surface area contributed by atoms with Gasteiger partial charge in [0.1, 0.15) is 5.75 Å². The number of ether oxygens (including phenoxy) is 1. The Labute approximate surface area is 217 Å². The van der Waals surface area contributed by atoms with Gasteiger partial charge in [-0.3, -0.25) is 9.78 Å². The van der Waals surface area contributed by atoms with Crippen molar-refractivity contribution in [1.29, 1.82) is 0 Å². The number of fused-ring (bicyclic) bond motifs is 1. The predicted molar refractivity (Wildman–Crippen MR) is 145 cm³/mol. The number of likely N-dealkylation sites (tertiary alicyclic amines) is 1. The van der Waals surface area contributed by atoms with E-state index in [9.17, 15) is 15.0 Å². The van der Waals surface area contributed by atoms with Gasteiger partial charge in [-0.25, -0.2) is 0 Å². The van der Waals surface area contributed by atoms with Gasteiger partial charge in [-0.2, -0.15) is 0 Å². The second-order valence-electron chi connectivity index (χ2n) is 9.75. The van der Waals surface area contributed by atoms with E-state index in [0.29, 0.717) is 12.3 Å². The number of benzene rings is 2. The average Bonchev–Trinajstić information content (AvgIpc) is 2.87. The van der Waals surface area contributed by atoms with Gasteiger partial charge in [-0.1, -0.05) is 17.7 Å². The number of carboxylic acids is 1. The Kier molecular flexibility index (Phi) is 9.24. The van der Waals surface area contributed by atoms with Crippen molar-refractivity contribution in [1.82, 2.24) is 9.88 Å². The van der Waals surface area contributed by atoms with Crippen LogP contribution in [0, 0.1) is 18.8 Å². The third-order valence-corrected chi connectivity index (χ3v) is 8.20.